The van der Waals surface area contributed by atoms with Gasteiger partial charge in [0.15, 0.2) is 0 Å². The molecule has 12 heavy (non-hydrogen) atoms. The summed E-state index contributed by atoms with van der Waals surface area (Å²) in [6, 6.07) is 0. The van der Waals surface area contributed by atoms with Crippen molar-refractivity contribution in [2.75, 3.05) is 6.54 Å². The zero-order valence-corrected chi connectivity index (χ0v) is 8.13. The third kappa shape index (κ3) is 1.82. The van der Waals surface area contributed by atoms with Crippen LogP contribution in [-0.2, 0) is 0 Å². The van der Waals surface area contributed by atoms with Gasteiger partial charge in [-0.25, -0.2) is 0 Å². The zero-order valence-electron chi connectivity index (χ0n) is 8.13. The molecule has 0 aromatic heterocycles. The third-order valence-electron chi connectivity index (χ3n) is 3.71. The topological polar surface area (TPSA) is 26.0 Å². The van der Waals surface area contributed by atoms with E-state index in [1.165, 1.54) is 32.1 Å². The SMILES string of the molecule is CCCC1CC1CC1CC1CN. The van der Waals surface area contributed by atoms with Crippen LogP contribution in [0.1, 0.15) is 39.0 Å². The average Bonchev–Trinajstić information content (AvgIpc) is 2.93. The fourth-order valence-corrected chi connectivity index (χ4v) is 2.60. The second-order valence-corrected chi connectivity index (χ2v) is 4.77. The van der Waals surface area contributed by atoms with Gasteiger partial charge in [-0.15, -0.1) is 0 Å². The molecule has 4 unspecified atom stereocenters. The van der Waals surface area contributed by atoms with Crippen molar-refractivity contribution in [3.63, 3.8) is 0 Å². The van der Waals surface area contributed by atoms with Gasteiger partial charge in [0.1, 0.15) is 0 Å². The molecule has 0 radical (unpaired) electrons. The van der Waals surface area contributed by atoms with E-state index in [0.29, 0.717) is 0 Å². The molecule has 0 heterocycles. The van der Waals surface area contributed by atoms with Gasteiger partial charge in [-0.3, -0.25) is 0 Å². The van der Waals surface area contributed by atoms with Gasteiger partial charge in [-0.1, -0.05) is 19.8 Å². The Labute approximate surface area is 75.7 Å². The molecule has 70 valence electrons. The Bertz CT molecular complexity index is 155. The van der Waals surface area contributed by atoms with Crippen molar-refractivity contribution in [3.05, 3.63) is 0 Å². The van der Waals surface area contributed by atoms with Gasteiger partial charge in [0.2, 0.25) is 0 Å². The van der Waals surface area contributed by atoms with Gasteiger partial charge < -0.3 is 5.73 Å². The summed E-state index contributed by atoms with van der Waals surface area (Å²) < 4.78 is 0. The molecule has 2 aliphatic carbocycles. The summed E-state index contributed by atoms with van der Waals surface area (Å²) in [5.74, 6) is 4.15. The van der Waals surface area contributed by atoms with Crippen molar-refractivity contribution in [2.24, 2.45) is 29.4 Å². The minimum absolute atomic E-state index is 0.910. The number of nitrogens with two attached hydrogens (primary N) is 1. The first-order chi connectivity index (χ1) is 5.85. The van der Waals surface area contributed by atoms with E-state index >= 15 is 0 Å². The molecule has 0 spiro atoms. The Hall–Kier alpha value is -0.0400. The fraction of sp³-hybridized carbons (Fsp3) is 1.00. The molecule has 0 aliphatic heterocycles. The van der Waals surface area contributed by atoms with Crippen LogP contribution in [0, 0.1) is 23.7 Å². The van der Waals surface area contributed by atoms with Gasteiger partial charge in [-0.2, -0.15) is 0 Å². The maximum absolute atomic E-state index is 5.61. The monoisotopic (exact) mass is 167 g/mol. The van der Waals surface area contributed by atoms with Gasteiger partial charge in [-0.05, 0) is 49.5 Å². The molecule has 0 aromatic rings. The van der Waals surface area contributed by atoms with Crippen molar-refractivity contribution in [3.8, 4) is 0 Å². The van der Waals surface area contributed by atoms with Crippen molar-refractivity contribution in [2.45, 2.75) is 39.0 Å². The zero-order chi connectivity index (χ0) is 8.55. The smallest absolute Gasteiger partial charge is 0.00461 e. The van der Waals surface area contributed by atoms with Crippen LogP contribution in [0.4, 0.5) is 0 Å². The molecule has 1 heteroatoms. The molecular formula is C11H21N. The Morgan fingerprint density at radius 3 is 2.33 bits per heavy atom. The van der Waals surface area contributed by atoms with E-state index in [1.54, 1.807) is 0 Å². The molecule has 2 rings (SSSR count). The summed E-state index contributed by atoms with van der Waals surface area (Å²) in [5, 5.41) is 0. The quantitative estimate of drug-likeness (QED) is 0.668. The lowest BCUT2D eigenvalue weighted by Gasteiger charge is -1.97. The molecule has 0 amide bonds. The van der Waals surface area contributed by atoms with E-state index in [1.807, 2.05) is 0 Å². The van der Waals surface area contributed by atoms with E-state index in [2.05, 4.69) is 6.92 Å². The van der Waals surface area contributed by atoms with Crippen LogP contribution >= 0.6 is 0 Å². The van der Waals surface area contributed by atoms with Gasteiger partial charge >= 0.3 is 0 Å². The van der Waals surface area contributed by atoms with E-state index in [9.17, 15) is 0 Å². The molecule has 2 saturated carbocycles. The second kappa shape index (κ2) is 3.37. The van der Waals surface area contributed by atoms with E-state index < -0.39 is 0 Å². The summed E-state index contributed by atoms with van der Waals surface area (Å²) in [6.07, 6.45) is 7.33. The van der Waals surface area contributed by atoms with Crippen molar-refractivity contribution in [1.29, 1.82) is 0 Å². The predicted octanol–water partition coefficient (Wildman–Crippen LogP) is 2.41. The first-order valence-electron chi connectivity index (χ1n) is 5.55. The molecule has 2 fully saturated rings. The van der Waals surface area contributed by atoms with E-state index in [-0.39, 0.29) is 0 Å². The highest BCUT2D eigenvalue weighted by Crippen LogP contribution is 2.52. The van der Waals surface area contributed by atoms with Crippen LogP contribution in [-0.4, -0.2) is 6.54 Å². The summed E-state index contributed by atoms with van der Waals surface area (Å²) in [6.45, 7) is 3.24. The minimum atomic E-state index is 0.910. The van der Waals surface area contributed by atoms with Crippen LogP contribution in [0.2, 0.25) is 0 Å². The lowest BCUT2D eigenvalue weighted by Crippen LogP contribution is -2.02. The van der Waals surface area contributed by atoms with Gasteiger partial charge in [0.05, 0.1) is 0 Å². The van der Waals surface area contributed by atoms with Crippen LogP contribution < -0.4 is 5.73 Å². The standard InChI is InChI=1S/C11H21N/c1-2-3-8-4-9(8)5-10-6-11(10)7-12/h8-11H,2-7,12H2,1H3. The highest BCUT2D eigenvalue weighted by molar-refractivity contribution is 4.95. The minimum Gasteiger partial charge on any atom is -0.330 e. The fourth-order valence-electron chi connectivity index (χ4n) is 2.60. The predicted molar refractivity (Wildman–Crippen MR) is 51.8 cm³/mol. The summed E-state index contributed by atoms with van der Waals surface area (Å²) in [4.78, 5) is 0. The lowest BCUT2D eigenvalue weighted by atomic mass is 10.1. The Kier molecular flexibility index (Phi) is 2.40. The molecule has 0 aromatic carbocycles. The Morgan fingerprint density at radius 1 is 1.08 bits per heavy atom. The van der Waals surface area contributed by atoms with Crippen LogP contribution in [0.5, 0.6) is 0 Å². The van der Waals surface area contributed by atoms with Crippen molar-refractivity contribution >= 4 is 0 Å². The van der Waals surface area contributed by atoms with E-state index in [0.717, 1.165) is 30.2 Å². The summed E-state index contributed by atoms with van der Waals surface area (Å²) >= 11 is 0. The highest BCUT2D eigenvalue weighted by Gasteiger charge is 2.44. The molecule has 4 atom stereocenters. The molecule has 0 bridgehead atoms. The molecule has 2 N–H and O–H groups in total. The average molecular weight is 167 g/mol. The van der Waals surface area contributed by atoms with Crippen molar-refractivity contribution < 1.29 is 0 Å². The summed E-state index contributed by atoms with van der Waals surface area (Å²) in [5.41, 5.74) is 5.61. The molecular weight excluding hydrogens is 146 g/mol. The van der Waals surface area contributed by atoms with Crippen molar-refractivity contribution in [1.82, 2.24) is 0 Å². The Morgan fingerprint density at radius 2 is 1.75 bits per heavy atom. The summed E-state index contributed by atoms with van der Waals surface area (Å²) in [7, 11) is 0. The third-order valence-corrected chi connectivity index (χ3v) is 3.71. The molecule has 0 saturated heterocycles. The van der Waals surface area contributed by atoms with Gasteiger partial charge in [0.25, 0.3) is 0 Å². The maximum Gasteiger partial charge on any atom is -0.00461 e. The number of hydrogen-bond donors (Lipinski definition) is 1. The van der Waals surface area contributed by atoms with Crippen LogP contribution in [0.15, 0.2) is 0 Å². The number of rotatable bonds is 5. The van der Waals surface area contributed by atoms with E-state index in [4.69, 9.17) is 5.73 Å². The first kappa shape index (κ1) is 8.55. The molecule has 1 nitrogen and oxygen atoms in total. The number of hydrogen-bond acceptors (Lipinski definition) is 1. The van der Waals surface area contributed by atoms with Gasteiger partial charge in [0, 0.05) is 0 Å². The highest BCUT2D eigenvalue weighted by atomic mass is 14.6. The first-order valence-corrected chi connectivity index (χ1v) is 5.55. The van der Waals surface area contributed by atoms with Crippen LogP contribution in [0.3, 0.4) is 0 Å². The maximum atomic E-state index is 5.61. The van der Waals surface area contributed by atoms with Crippen LogP contribution in [0.25, 0.3) is 0 Å². The Balaban J connectivity index is 1.59. The lowest BCUT2D eigenvalue weighted by molar-refractivity contribution is 0.543. The second-order valence-electron chi connectivity index (χ2n) is 4.77. The largest absolute Gasteiger partial charge is 0.330 e. The normalized spacial score (nSPS) is 44.5. The molecule has 2 aliphatic rings.